The number of carboxylic acid groups (broad SMARTS) is 4. The van der Waals surface area contributed by atoms with E-state index in [-0.39, 0.29) is 78.4 Å². The third-order valence-corrected chi connectivity index (χ3v) is 0.167. The van der Waals surface area contributed by atoms with E-state index >= 15 is 0 Å². The SMILES string of the molecule is CC(=O)O.CC(=O)[O-].CC(=O)[O-].CC(=O)[O-].NCCN.[Ba+2].[Na+]. The maximum atomic E-state index is 9.00. The van der Waals surface area contributed by atoms with Gasteiger partial charge in [-0.05, 0) is 20.8 Å². The first-order chi connectivity index (χ1) is 8.84. The molecule has 0 aromatic rings. The molecule has 122 valence electrons. The molecule has 0 rings (SSSR count). The number of carboxylic acids is 4. The van der Waals surface area contributed by atoms with Crippen molar-refractivity contribution < 1.29 is 69.2 Å². The standard InChI is InChI=1S/C2H8N2.4C2H4O2.Ba.Na/c3-1-2-4;4*1-2(3)4;;/h1-4H2;4*1H3,(H,3,4);;/q;;;;;+2;+1/p-3. The predicted octanol–water partition coefficient (Wildman–Crippen LogP) is -8.11. The molecule has 0 fully saturated rings. The zero-order valence-corrected chi connectivity index (χ0v) is 20.0. The van der Waals surface area contributed by atoms with Gasteiger partial charge in [-0.2, -0.15) is 0 Å². The summed E-state index contributed by atoms with van der Waals surface area (Å²) in [6.45, 7) is 5.19. The minimum absolute atomic E-state index is 0. The van der Waals surface area contributed by atoms with Crippen molar-refractivity contribution in [1.82, 2.24) is 0 Å². The van der Waals surface area contributed by atoms with E-state index in [0.717, 1.165) is 27.7 Å². The van der Waals surface area contributed by atoms with Crippen LogP contribution < -0.4 is 56.3 Å². The number of carbonyl (C=O) groups excluding carboxylic acids is 3. The summed E-state index contributed by atoms with van der Waals surface area (Å²) in [6, 6.07) is 0. The second-order valence-electron chi connectivity index (χ2n) is 2.57. The average molecular weight is 458 g/mol. The van der Waals surface area contributed by atoms with Crippen LogP contribution in [0.1, 0.15) is 27.7 Å². The Kier molecular flexibility index (Phi) is 84.4. The summed E-state index contributed by atoms with van der Waals surface area (Å²) >= 11 is 0. The number of aliphatic carboxylic acids is 4. The van der Waals surface area contributed by atoms with E-state index in [1.165, 1.54) is 0 Å². The van der Waals surface area contributed by atoms with E-state index in [1.54, 1.807) is 0 Å². The van der Waals surface area contributed by atoms with Crippen LogP contribution in [0.5, 0.6) is 0 Å². The molecule has 0 bridgehead atoms. The number of hydrogen-bond acceptors (Lipinski definition) is 9. The molecule has 0 saturated carbocycles. The van der Waals surface area contributed by atoms with Gasteiger partial charge in [0.05, 0.1) is 0 Å². The van der Waals surface area contributed by atoms with E-state index in [4.69, 9.17) is 51.1 Å². The van der Waals surface area contributed by atoms with Crippen LogP contribution in [0.25, 0.3) is 0 Å². The molecule has 0 radical (unpaired) electrons. The summed E-state index contributed by atoms with van der Waals surface area (Å²) in [7, 11) is 0. The van der Waals surface area contributed by atoms with Crippen molar-refractivity contribution >= 4 is 72.8 Å². The molecule has 0 aliphatic heterocycles. The Balaban J connectivity index is -0.0000000250. The van der Waals surface area contributed by atoms with Crippen molar-refractivity contribution in [2.24, 2.45) is 11.5 Å². The third kappa shape index (κ3) is 4060. The quantitative estimate of drug-likeness (QED) is 0.316. The number of rotatable bonds is 1. The van der Waals surface area contributed by atoms with Gasteiger partial charge in [0.1, 0.15) is 0 Å². The fraction of sp³-hybridized carbons (Fsp3) is 0.600. The number of hydrogen-bond donors (Lipinski definition) is 3. The molecule has 0 unspecified atom stereocenters. The normalized spacial score (nSPS) is 5.91. The Labute approximate surface area is 192 Å². The van der Waals surface area contributed by atoms with Gasteiger partial charge < -0.3 is 46.3 Å². The van der Waals surface area contributed by atoms with Gasteiger partial charge in [0.2, 0.25) is 0 Å². The van der Waals surface area contributed by atoms with Gasteiger partial charge in [-0.15, -0.1) is 0 Å². The first kappa shape index (κ1) is 43.2. The van der Waals surface area contributed by atoms with Crippen LogP contribution in [0.4, 0.5) is 0 Å². The summed E-state index contributed by atoms with van der Waals surface area (Å²) in [4.78, 5) is 35.7. The minimum atomic E-state index is -1.08. The monoisotopic (exact) mass is 458 g/mol. The summed E-state index contributed by atoms with van der Waals surface area (Å²) < 4.78 is 0. The van der Waals surface area contributed by atoms with Crippen molar-refractivity contribution in [3.63, 3.8) is 0 Å². The Morgan fingerprint density at radius 2 is 0.818 bits per heavy atom. The molecule has 10 nitrogen and oxygen atoms in total. The van der Waals surface area contributed by atoms with Gasteiger partial charge in [-0.25, -0.2) is 0 Å². The summed E-state index contributed by atoms with van der Waals surface area (Å²) in [6.07, 6.45) is 0. The second-order valence-corrected chi connectivity index (χ2v) is 2.57. The van der Waals surface area contributed by atoms with Crippen LogP contribution >= 0.6 is 0 Å². The van der Waals surface area contributed by atoms with E-state index in [1.807, 2.05) is 0 Å². The summed E-state index contributed by atoms with van der Waals surface area (Å²) in [5.74, 6) is -4.08. The average Bonchev–Trinajstić information content (AvgIpc) is 2.13. The zero-order chi connectivity index (χ0) is 17.7. The smallest absolute Gasteiger partial charge is 0.550 e. The molecule has 0 amide bonds. The van der Waals surface area contributed by atoms with Gasteiger partial charge >= 0.3 is 78.4 Å². The largest absolute Gasteiger partial charge is 2.00 e. The van der Waals surface area contributed by atoms with E-state index in [9.17, 15) is 0 Å². The molecule has 0 saturated heterocycles. The Bertz CT molecular complexity index is 201. The van der Waals surface area contributed by atoms with Crippen LogP contribution in [-0.2, 0) is 19.2 Å². The molecule has 12 heteroatoms. The zero-order valence-electron chi connectivity index (χ0n) is 13.6. The van der Waals surface area contributed by atoms with Crippen molar-refractivity contribution in [2.75, 3.05) is 13.1 Å². The fourth-order valence-electron chi connectivity index (χ4n) is 0. The maximum absolute atomic E-state index is 9.00. The van der Waals surface area contributed by atoms with E-state index < -0.39 is 23.9 Å². The Morgan fingerprint density at radius 1 is 0.773 bits per heavy atom. The van der Waals surface area contributed by atoms with Crippen LogP contribution in [0.15, 0.2) is 0 Å². The molecule has 0 aromatic carbocycles. The maximum Gasteiger partial charge on any atom is 2.00 e. The van der Waals surface area contributed by atoms with Gasteiger partial charge in [0, 0.05) is 37.9 Å². The number of carbonyl (C=O) groups is 4. The summed E-state index contributed by atoms with van der Waals surface area (Å²) in [5.41, 5.74) is 9.81. The Hall–Kier alpha value is 0.371. The molecule has 0 aliphatic rings. The van der Waals surface area contributed by atoms with E-state index in [0.29, 0.717) is 13.1 Å². The van der Waals surface area contributed by atoms with Crippen LogP contribution in [0, 0.1) is 0 Å². The second kappa shape index (κ2) is 42.9. The first-order valence-electron chi connectivity index (χ1n) is 4.97. The van der Waals surface area contributed by atoms with Crippen molar-refractivity contribution in [3.8, 4) is 0 Å². The predicted molar refractivity (Wildman–Crippen MR) is 69.2 cm³/mol. The van der Waals surface area contributed by atoms with Crippen molar-refractivity contribution in [1.29, 1.82) is 0 Å². The van der Waals surface area contributed by atoms with Gasteiger partial charge in [0.25, 0.3) is 5.97 Å². The molecule has 5 N–H and O–H groups in total. The van der Waals surface area contributed by atoms with E-state index in [2.05, 4.69) is 0 Å². The molecule has 0 atom stereocenters. The third-order valence-electron chi connectivity index (χ3n) is 0.167. The van der Waals surface area contributed by atoms with Crippen molar-refractivity contribution in [2.45, 2.75) is 27.7 Å². The van der Waals surface area contributed by atoms with Crippen molar-refractivity contribution in [3.05, 3.63) is 0 Å². The van der Waals surface area contributed by atoms with Crippen LogP contribution in [-0.4, -0.2) is 91.0 Å². The topological polar surface area (TPSA) is 210 Å². The molecule has 0 heterocycles. The Morgan fingerprint density at radius 3 is 0.818 bits per heavy atom. The minimum Gasteiger partial charge on any atom is -0.550 e. The summed E-state index contributed by atoms with van der Waals surface area (Å²) in [5, 5.41) is 34.1. The molecule has 0 aromatic heterocycles. The molecule has 22 heavy (non-hydrogen) atoms. The fourth-order valence-corrected chi connectivity index (χ4v) is 0. The molecule has 0 spiro atoms. The van der Waals surface area contributed by atoms with Gasteiger partial charge in [0.15, 0.2) is 0 Å². The molecular formula is C10H21BaN2NaO8. The van der Waals surface area contributed by atoms with Gasteiger partial charge in [-0.1, -0.05) is 0 Å². The van der Waals surface area contributed by atoms with Gasteiger partial charge in [-0.3, -0.25) is 4.79 Å². The molecular weight excluding hydrogens is 436 g/mol. The number of nitrogens with two attached hydrogens (primary N) is 2. The first-order valence-corrected chi connectivity index (χ1v) is 4.97. The molecule has 0 aliphatic carbocycles. The van der Waals surface area contributed by atoms with Crippen LogP contribution in [0.2, 0.25) is 0 Å². The van der Waals surface area contributed by atoms with Crippen LogP contribution in [0.3, 0.4) is 0 Å².